The molecule has 2 N–H and O–H groups in total. The molecule has 1 saturated carbocycles. The molecule has 1 aliphatic rings. The van der Waals surface area contributed by atoms with E-state index in [1.54, 1.807) is 0 Å². The second-order valence-electron chi connectivity index (χ2n) is 4.79. The summed E-state index contributed by atoms with van der Waals surface area (Å²) in [6, 6.07) is 2.81. The van der Waals surface area contributed by atoms with E-state index in [1.165, 1.54) is 6.07 Å². The van der Waals surface area contributed by atoms with Gasteiger partial charge >= 0.3 is 12.0 Å². The van der Waals surface area contributed by atoms with Gasteiger partial charge < -0.3 is 10.1 Å². The van der Waals surface area contributed by atoms with Crippen LogP contribution in [0.2, 0.25) is 5.02 Å². The molecule has 0 unspecified atom stereocenters. The van der Waals surface area contributed by atoms with Gasteiger partial charge in [-0.1, -0.05) is 11.6 Å². The molecule has 1 aromatic rings. The Labute approximate surface area is 135 Å². The predicted molar refractivity (Wildman–Crippen MR) is 78.1 cm³/mol. The summed E-state index contributed by atoms with van der Waals surface area (Å²) in [6.07, 6.45) is 1.72. The van der Waals surface area contributed by atoms with E-state index in [9.17, 15) is 24.5 Å². The summed E-state index contributed by atoms with van der Waals surface area (Å²) in [5.41, 5.74) is -0.871. The molecule has 1 aliphatic carbocycles. The van der Waals surface area contributed by atoms with Crippen molar-refractivity contribution in [3.8, 4) is 0 Å². The zero-order chi connectivity index (χ0) is 17.0. The molecule has 1 fully saturated rings. The van der Waals surface area contributed by atoms with E-state index in [0.717, 1.165) is 25.0 Å². The Morgan fingerprint density at radius 2 is 2.04 bits per heavy atom. The molecule has 122 valence electrons. The lowest BCUT2D eigenvalue weighted by Crippen LogP contribution is -2.42. The SMILES string of the molecule is O=C(COC(=O)c1ccc(Cl)cc1[N+](=O)[O-])NC(=O)NC1CC1. The summed E-state index contributed by atoms with van der Waals surface area (Å²) in [6.45, 7) is -0.739. The summed E-state index contributed by atoms with van der Waals surface area (Å²) in [5, 5.41) is 15.5. The lowest BCUT2D eigenvalue weighted by atomic mass is 10.2. The molecule has 0 bridgehead atoms. The number of carbonyl (C=O) groups is 3. The number of nitro groups is 1. The summed E-state index contributed by atoms with van der Waals surface area (Å²) >= 11 is 5.63. The van der Waals surface area contributed by atoms with E-state index < -0.39 is 35.1 Å². The van der Waals surface area contributed by atoms with Crippen molar-refractivity contribution in [3.63, 3.8) is 0 Å². The Kier molecular flexibility index (Phi) is 5.12. The molecule has 0 aliphatic heterocycles. The average Bonchev–Trinajstić information content (AvgIpc) is 3.28. The van der Waals surface area contributed by atoms with E-state index in [4.69, 9.17) is 11.6 Å². The number of hydrogen-bond acceptors (Lipinski definition) is 6. The van der Waals surface area contributed by atoms with Crippen molar-refractivity contribution in [2.75, 3.05) is 6.61 Å². The topological polar surface area (TPSA) is 128 Å². The molecule has 0 heterocycles. The van der Waals surface area contributed by atoms with Gasteiger partial charge in [-0.3, -0.25) is 20.2 Å². The quantitative estimate of drug-likeness (QED) is 0.473. The van der Waals surface area contributed by atoms with E-state index >= 15 is 0 Å². The first-order chi connectivity index (χ1) is 10.9. The standard InChI is InChI=1S/C13H12ClN3O6/c14-7-1-4-9(10(5-7)17(21)22)12(19)23-6-11(18)16-13(20)15-8-2-3-8/h1,4-5,8H,2-3,6H2,(H2,15,16,18,20). The number of halogens is 1. The van der Waals surface area contributed by atoms with Crippen molar-refractivity contribution in [2.45, 2.75) is 18.9 Å². The van der Waals surface area contributed by atoms with Gasteiger partial charge in [0.15, 0.2) is 6.61 Å². The summed E-state index contributed by atoms with van der Waals surface area (Å²) in [7, 11) is 0. The minimum atomic E-state index is -1.06. The van der Waals surface area contributed by atoms with Crippen LogP contribution in [-0.2, 0) is 9.53 Å². The van der Waals surface area contributed by atoms with Crippen molar-refractivity contribution >= 4 is 35.2 Å². The first-order valence-electron chi connectivity index (χ1n) is 6.58. The Hall–Kier alpha value is -2.68. The van der Waals surface area contributed by atoms with E-state index in [1.807, 2.05) is 5.32 Å². The average molecular weight is 342 g/mol. The number of amides is 3. The molecule has 10 heteroatoms. The highest BCUT2D eigenvalue weighted by atomic mass is 35.5. The van der Waals surface area contributed by atoms with Crippen LogP contribution in [0.5, 0.6) is 0 Å². The molecule has 23 heavy (non-hydrogen) atoms. The Morgan fingerprint density at radius 1 is 1.35 bits per heavy atom. The third-order valence-corrected chi connectivity index (χ3v) is 3.11. The fourth-order valence-corrected chi connectivity index (χ4v) is 1.82. The Morgan fingerprint density at radius 3 is 2.65 bits per heavy atom. The Bertz CT molecular complexity index is 674. The van der Waals surface area contributed by atoms with Gasteiger partial charge in [-0.2, -0.15) is 0 Å². The monoisotopic (exact) mass is 341 g/mol. The molecule has 0 spiro atoms. The first-order valence-corrected chi connectivity index (χ1v) is 6.96. The number of ether oxygens (including phenoxy) is 1. The molecule has 0 saturated heterocycles. The van der Waals surface area contributed by atoms with Crippen LogP contribution in [0.15, 0.2) is 18.2 Å². The van der Waals surface area contributed by atoms with Crippen LogP contribution in [-0.4, -0.2) is 35.5 Å². The minimum absolute atomic E-state index is 0.0714. The minimum Gasteiger partial charge on any atom is -0.452 e. The molecule has 3 amide bonds. The molecule has 0 atom stereocenters. The zero-order valence-corrected chi connectivity index (χ0v) is 12.5. The molecular weight excluding hydrogens is 330 g/mol. The number of rotatable bonds is 5. The zero-order valence-electron chi connectivity index (χ0n) is 11.7. The number of urea groups is 1. The smallest absolute Gasteiger partial charge is 0.345 e. The molecule has 9 nitrogen and oxygen atoms in total. The number of nitrogens with zero attached hydrogens (tertiary/aromatic N) is 1. The summed E-state index contributed by atoms with van der Waals surface area (Å²) < 4.78 is 4.66. The van der Waals surface area contributed by atoms with Crippen molar-refractivity contribution in [3.05, 3.63) is 38.9 Å². The van der Waals surface area contributed by atoms with Crippen LogP contribution in [0.3, 0.4) is 0 Å². The van der Waals surface area contributed by atoms with Crippen LogP contribution < -0.4 is 10.6 Å². The highest BCUT2D eigenvalue weighted by molar-refractivity contribution is 6.31. The maximum absolute atomic E-state index is 11.8. The molecule has 0 radical (unpaired) electrons. The number of hydrogen-bond donors (Lipinski definition) is 2. The van der Waals surface area contributed by atoms with Crippen molar-refractivity contribution < 1.29 is 24.0 Å². The summed E-state index contributed by atoms with van der Waals surface area (Å²) in [4.78, 5) is 44.7. The number of esters is 1. The van der Waals surface area contributed by atoms with Crippen molar-refractivity contribution in [2.24, 2.45) is 0 Å². The Balaban J connectivity index is 1.90. The number of nitrogens with one attached hydrogen (secondary N) is 2. The van der Waals surface area contributed by atoms with Gasteiger partial charge in [-0.25, -0.2) is 9.59 Å². The molecule has 1 aromatic carbocycles. The van der Waals surface area contributed by atoms with Crippen LogP contribution >= 0.6 is 11.6 Å². The predicted octanol–water partition coefficient (Wildman–Crippen LogP) is 1.39. The van der Waals surface area contributed by atoms with Gasteiger partial charge in [0.05, 0.1) is 4.92 Å². The lowest BCUT2D eigenvalue weighted by molar-refractivity contribution is -0.385. The van der Waals surface area contributed by atoms with Gasteiger partial charge in [0.1, 0.15) is 5.56 Å². The number of imide groups is 1. The highest BCUT2D eigenvalue weighted by Gasteiger charge is 2.25. The molecule has 0 aromatic heterocycles. The number of benzene rings is 1. The van der Waals surface area contributed by atoms with Gasteiger partial charge in [-0.15, -0.1) is 0 Å². The van der Waals surface area contributed by atoms with Crippen LogP contribution in [0.4, 0.5) is 10.5 Å². The van der Waals surface area contributed by atoms with Gasteiger partial charge in [0, 0.05) is 17.1 Å². The first kappa shape index (κ1) is 16.7. The van der Waals surface area contributed by atoms with E-state index in [0.29, 0.717) is 0 Å². The van der Waals surface area contributed by atoms with Crippen LogP contribution in [0.25, 0.3) is 0 Å². The van der Waals surface area contributed by atoms with E-state index in [2.05, 4.69) is 10.1 Å². The fourth-order valence-electron chi connectivity index (χ4n) is 1.65. The molecule has 2 rings (SSSR count). The van der Waals surface area contributed by atoms with Crippen molar-refractivity contribution in [1.82, 2.24) is 10.6 Å². The van der Waals surface area contributed by atoms with Crippen LogP contribution in [0, 0.1) is 10.1 Å². The second kappa shape index (κ2) is 7.05. The largest absolute Gasteiger partial charge is 0.452 e. The number of carbonyl (C=O) groups excluding carboxylic acids is 3. The normalized spacial score (nSPS) is 13.1. The van der Waals surface area contributed by atoms with Crippen LogP contribution in [0.1, 0.15) is 23.2 Å². The lowest BCUT2D eigenvalue weighted by Gasteiger charge is -2.07. The number of nitro benzene ring substituents is 1. The third kappa shape index (κ3) is 4.92. The van der Waals surface area contributed by atoms with Gasteiger partial charge in [-0.05, 0) is 25.0 Å². The second-order valence-corrected chi connectivity index (χ2v) is 5.23. The highest BCUT2D eigenvalue weighted by Crippen LogP contribution is 2.23. The third-order valence-electron chi connectivity index (χ3n) is 2.88. The maximum atomic E-state index is 11.8. The summed E-state index contributed by atoms with van der Waals surface area (Å²) in [5.74, 6) is -1.90. The maximum Gasteiger partial charge on any atom is 0.345 e. The van der Waals surface area contributed by atoms with Gasteiger partial charge in [0.25, 0.3) is 11.6 Å². The van der Waals surface area contributed by atoms with Crippen molar-refractivity contribution in [1.29, 1.82) is 0 Å². The van der Waals surface area contributed by atoms with Gasteiger partial charge in [0.2, 0.25) is 0 Å². The molecular formula is C13H12ClN3O6. The fraction of sp³-hybridized carbons (Fsp3) is 0.308. The van der Waals surface area contributed by atoms with E-state index in [-0.39, 0.29) is 16.6 Å².